The van der Waals surface area contributed by atoms with Crippen LogP contribution in [0.3, 0.4) is 0 Å². The fraction of sp³-hybridized carbons (Fsp3) is 0.786. The van der Waals surface area contributed by atoms with E-state index in [0.717, 1.165) is 0 Å². The molecular formula is C14H28O6. The first-order valence-corrected chi connectivity index (χ1v) is 6.34. The van der Waals surface area contributed by atoms with Crippen molar-refractivity contribution in [3.63, 3.8) is 0 Å². The van der Waals surface area contributed by atoms with Crippen LogP contribution in [-0.4, -0.2) is 43.2 Å². The molecule has 20 heavy (non-hydrogen) atoms. The first kappa shape index (κ1) is 20.9. The Morgan fingerprint density at radius 2 is 1.80 bits per heavy atom. The van der Waals surface area contributed by atoms with E-state index in [0.29, 0.717) is 25.7 Å². The van der Waals surface area contributed by atoms with Crippen LogP contribution in [0.2, 0.25) is 0 Å². The first-order valence-electron chi connectivity index (χ1n) is 6.34. The minimum absolute atomic E-state index is 0. The molecule has 6 nitrogen and oxygen atoms in total. The van der Waals surface area contributed by atoms with E-state index < -0.39 is 11.9 Å². The summed E-state index contributed by atoms with van der Waals surface area (Å²) in [5.74, 6) is -1.38. The second-order valence-electron chi connectivity index (χ2n) is 4.39. The molecule has 0 saturated carbocycles. The van der Waals surface area contributed by atoms with E-state index in [1.165, 1.54) is 14.0 Å². The molecule has 0 aromatic heterocycles. The van der Waals surface area contributed by atoms with Crippen LogP contribution in [-0.2, 0) is 23.9 Å². The fourth-order valence-electron chi connectivity index (χ4n) is 1.73. The van der Waals surface area contributed by atoms with E-state index >= 15 is 0 Å². The highest BCUT2D eigenvalue weighted by Crippen LogP contribution is 2.16. The number of ketones is 1. The minimum Gasteiger partial charge on any atom is -0.481 e. The molecule has 0 radical (unpaired) electrons. The molecule has 0 amide bonds. The predicted octanol–water partition coefficient (Wildman–Crippen LogP) is 2.30. The number of hydrogen-bond acceptors (Lipinski definition) is 5. The number of carbonyl (C=O) groups is 3. The second kappa shape index (κ2) is 12.6. The molecule has 0 saturated heterocycles. The Hall–Kier alpha value is -1.43. The summed E-state index contributed by atoms with van der Waals surface area (Å²) in [4.78, 5) is 32.8. The summed E-state index contributed by atoms with van der Waals surface area (Å²) < 4.78 is 9.50. The Morgan fingerprint density at radius 3 is 2.30 bits per heavy atom. The van der Waals surface area contributed by atoms with Crippen molar-refractivity contribution in [1.29, 1.82) is 0 Å². The smallest absolute Gasteiger partial charge is 0.332 e. The Morgan fingerprint density at radius 1 is 1.20 bits per heavy atom. The Balaban J connectivity index is -0.00000162. The number of ether oxygens (including phenoxy) is 2. The fourth-order valence-corrected chi connectivity index (χ4v) is 1.73. The molecule has 0 spiro atoms. The summed E-state index contributed by atoms with van der Waals surface area (Å²) in [7, 11) is 1.41. The summed E-state index contributed by atoms with van der Waals surface area (Å²) >= 11 is 0. The maximum atomic E-state index is 11.4. The van der Waals surface area contributed by atoms with Gasteiger partial charge in [-0.05, 0) is 32.6 Å². The summed E-state index contributed by atoms with van der Waals surface area (Å²) in [6, 6.07) is 0. The second-order valence-corrected chi connectivity index (χ2v) is 4.39. The van der Waals surface area contributed by atoms with Crippen LogP contribution in [0.15, 0.2) is 0 Å². The number of esters is 1. The van der Waals surface area contributed by atoms with Gasteiger partial charge >= 0.3 is 11.9 Å². The van der Waals surface area contributed by atoms with Gasteiger partial charge in [-0.25, -0.2) is 4.79 Å². The zero-order valence-corrected chi connectivity index (χ0v) is 11.5. The normalized spacial score (nSPS) is 11.3. The van der Waals surface area contributed by atoms with Gasteiger partial charge in [0.05, 0.1) is 6.61 Å². The number of hydrogen-bond donors (Lipinski definition) is 1. The third-order valence-electron chi connectivity index (χ3n) is 2.74. The maximum absolute atomic E-state index is 11.4. The highest BCUT2D eigenvalue weighted by atomic mass is 16.6. The molecule has 1 N–H and O–H groups in total. The van der Waals surface area contributed by atoms with Gasteiger partial charge in [-0.15, -0.1) is 0 Å². The average Bonchev–Trinajstić information content (AvgIpc) is 2.31. The van der Waals surface area contributed by atoms with E-state index in [1.807, 2.05) is 0 Å². The third-order valence-corrected chi connectivity index (χ3v) is 2.74. The third kappa shape index (κ3) is 11.6. The number of carboxylic acids is 1. The van der Waals surface area contributed by atoms with E-state index in [9.17, 15) is 14.4 Å². The topological polar surface area (TPSA) is 89.9 Å². The Kier molecular flexibility index (Phi) is 13.1. The van der Waals surface area contributed by atoms with E-state index in [1.54, 1.807) is 0 Å². The molecule has 0 heterocycles. The number of Topliss-reactive ketones (excluding diaryl/α,β-unsaturated/α-hetero) is 1. The van der Waals surface area contributed by atoms with E-state index in [-0.39, 0.29) is 40.2 Å². The highest BCUT2D eigenvalue weighted by Gasteiger charge is 2.14. The quantitative estimate of drug-likeness (QED) is 0.464. The lowest BCUT2D eigenvalue weighted by Gasteiger charge is -2.13. The van der Waals surface area contributed by atoms with Gasteiger partial charge in [-0.3, -0.25) is 9.59 Å². The monoisotopic (exact) mass is 293 g/mol. The van der Waals surface area contributed by atoms with Gasteiger partial charge in [0.25, 0.3) is 0 Å². The number of aliphatic carboxylic acids is 1. The van der Waals surface area contributed by atoms with Crippen LogP contribution in [0.25, 0.3) is 0 Å². The molecule has 0 bridgehead atoms. The number of methoxy groups -OCH3 is 1. The van der Waals surface area contributed by atoms with Crippen molar-refractivity contribution in [2.24, 2.45) is 5.92 Å². The van der Waals surface area contributed by atoms with Gasteiger partial charge in [0.1, 0.15) is 12.4 Å². The van der Waals surface area contributed by atoms with Gasteiger partial charge in [0, 0.05) is 20.9 Å². The van der Waals surface area contributed by atoms with Crippen molar-refractivity contribution < 1.29 is 30.4 Å². The molecule has 1 atom stereocenters. The summed E-state index contributed by atoms with van der Waals surface area (Å²) in [6.45, 7) is 1.68. The molecule has 120 valence electrons. The van der Waals surface area contributed by atoms with Gasteiger partial charge in [0.2, 0.25) is 0 Å². The van der Waals surface area contributed by atoms with E-state index in [4.69, 9.17) is 9.84 Å². The van der Waals surface area contributed by atoms with Crippen molar-refractivity contribution in [1.82, 2.24) is 0 Å². The molecule has 6 heteroatoms. The molecule has 0 fully saturated rings. The zero-order valence-electron chi connectivity index (χ0n) is 11.5. The lowest BCUT2D eigenvalue weighted by Crippen LogP contribution is -2.15. The molecule has 0 aliphatic heterocycles. The van der Waals surface area contributed by atoms with Crippen molar-refractivity contribution in [3.05, 3.63) is 0 Å². The summed E-state index contributed by atoms with van der Waals surface area (Å²) in [6.07, 6.45) is 2.32. The highest BCUT2D eigenvalue weighted by molar-refractivity contribution is 5.78. The van der Waals surface area contributed by atoms with Crippen LogP contribution >= 0.6 is 0 Å². The zero-order chi connectivity index (χ0) is 14.7. The van der Waals surface area contributed by atoms with Crippen LogP contribution < -0.4 is 0 Å². The summed E-state index contributed by atoms with van der Waals surface area (Å²) in [5, 5.41) is 8.54. The standard InChI is InChI=1S/C13H22O6.CH4.H2/c1-10(14)11(5-3-7-12(15)16)6-4-8-19-13(17)9-18-2;;/h11H,3-9H2,1-2H3,(H,15,16);1H4;1H/i;;1+1. The molecule has 0 aliphatic carbocycles. The van der Waals surface area contributed by atoms with Gasteiger partial charge < -0.3 is 14.6 Å². The minimum atomic E-state index is -0.851. The lowest BCUT2D eigenvalue weighted by molar-refractivity contribution is -0.148. The van der Waals surface area contributed by atoms with Crippen LogP contribution in [0.1, 0.15) is 47.9 Å². The first-order chi connectivity index (χ1) is 8.97. The van der Waals surface area contributed by atoms with Crippen molar-refractivity contribution in [2.75, 3.05) is 20.3 Å². The van der Waals surface area contributed by atoms with Gasteiger partial charge in [0.15, 0.2) is 0 Å². The Bertz CT molecular complexity index is 306. The molecular weight excluding hydrogens is 264 g/mol. The number of carboxylic acid groups (broad SMARTS) is 1. The van der Waals surface area contributed by atoms with Gasteiger partial charge in [-0.1, -0.05) is 7.43 Å². The molecule has 0 aliphatic rings. The molecule has 0 aromatic carbocycles. The largest absolute Gasteiger partial charge is 0.481 e. The van der Waals surface area contributed by atoms with E-state index in [2.05, 4.69) is 4.74 Å². The average molecular weight is 293 g/mol. The molecule has 0 aromatic rings. The molecule has 1 unspecified atom stereocenters. The van der Waals surface area contributed by atoms with Gasteiger partial charge in [-0.2, -0.15) is 0 Å². The number of rotatable bonds is 11. The SMILES string of the molecule is C.COCC(=O)OCCCC(CCCC(=O)O)C(C)=O.[2HH]. The van der Waals surface area contributed by atoms with Crippen molar-refractivity contribution in [2.45, 2.75) is 46.5 Å². The lowest BCUT2D eigenvalue weighted by atomic mass is 9.93. The Labute approximate surface area is 121 Å². The predicted molar refractivity (Wildman–Crippen MR) is 76.6 cm³/mol. The van der Waals surface area contributed by atoms with Crippen LogP contribution in [0.4, 0.5) is 0 Å². The molecule has 0 rings (SSSR count). The van der Waals surface area contributed by atoms with Crippen molar-refractivity contribution in [3.8, 4) is 0 Å². The van der Waals surface area contributed by atoms with Crippen LogP contribution in [0, 0.1) is 5.92 Å². The summed E-state index contributed by atoms with van der Waals surface area (Å²) in [5.41, 5.74) is 0. The maximum Gasteiger partial charge on any atom is 0.332 e. The van der Waals surface area contributed by atoms with Crippen molar-refractivity contribution >= 4 is 17.7 Å². The van der Waals surface area contributed by atoms with Crippen LogP contribution in [0.5, 0.6) is 0 Å². The number of carbonyl (C=O) groups excluding carboxylic acids is 2.